The predicted molar refractivity (Wildman–Crippen MR) is 131 cm³/mol. The number of halogens is 1. The van der Waals surface area contributed by atoms with Crippen molar-refractivity contribution in [2.45, 2.75) is 19.3 Å². The standard InChI is InChI=1S/C26H21ClN2O6/c1-34-22-12-21(35-29-22)24(30)23-18-10-17(19(27)11-20(18)28-25(23)31)15-6-2-13(3-7-15)14-4-8-16(9-5-14)26(32)33/h2-4,6-7,10-12,16,30H,5,8-9H2,1H3,(H,28,31)(H,32,33)/t16-/m1/s1. The minimum atomic E-state index is -0.753. The Bertz CT molecular complexity index is 1400. The van der Waals surface area contributed by atoms with E-state index in [-0.39, 0.29) is 28.9 Å². The molecule has 1 amide bonds. The third kappa shape index (κ3) is 4.17. The van der Waals surface area contributed by atoms with E-state index >= 15 is 0 Å². The van der Waals surface area contributed by atoms with Crippen LogP contribution in [0.5, 0.6) is 5.88 Å². The monoisotopic (exact) mass is 492 g/mol. The quantitative estimate of drug-likeness (QED) is 0.310. The maximum absolute atomic E-state index is 12.7. The van der Waals surface area contributed by atoms with Gasteiger partial charge in [0, 0.05) is 11.1 Å². The zero-order chi connectivity index (χ0) is 24.7. The van der Waals surface area contributed by atoms with Gasteiger partial charge in [-0.1, -0.05) is 41.9 Å². The number of rotatable bonds is 5. The summed E-state index contributed by atoms with van der Waals surface area (Å²) in [4.78, 5) is 23.9. The number of aliphatic carboxylic acids is 1. The summed E-state index contributed by atoms with van der Waals surface area (Å²) < 4.78 is 10.1. The minimum Gasteiger partial charge on any atom is -0.504 e. The largest absolute Gasteiger partial charge is 0.504 e. The molecule has 5 rings (SSSR count). The molecule has 0 saturated carbocycles. The van der Waals surface area contributed by atoms with Crippen molar-refractivity contribution in [3.05, 3.63) is 70.5 Å². The zero-order valence-corrected chi connectivity index (χ0v) is 19.4. The van der Waals surface area contributed by atoms with Crippen LogP contribution in [0.25, 0.3) is 28.0 Å². The molecule has 9 heteroatoms. The molecule has 1 atom stereocenters. The molecular weight excluding hydrogens is 472 g/mol. The van der Waals surface area contributed by atoms with Gasteiger partial charge >= 0.3 is 5.97 Å². The first-order chi connectivity index (χ1) is 16.9. The third-order valence-electron chi connectivity index (χ3n) is 6.35. The number of aliphatic hydroxyl groups is 1. The zero-order valence-electron chi connectivity index (χ0n) is 18.7. The number of nitrogens with one attached hydrogen (secondary N) is 1. The van der Waals surface area contributed by atoms with E-state index in [9.17, 15) is 19.8 Å². The topological polar surface area (TPSA) is 122 Å². The molecule has 2 aromatic carbocycles. The van der Waals surface area contributed by atoms with Crippen molar-refractivity contribution in [1.29, 1.82) is 0 Å². The highest BCUT2D eigenvalue weighted by molar-refractivity contribution is 6.38. The fourth-order valence-electron chi connectivity index (χ4n) is 4.42. The lowest BCUT2D eigenvalue weighted by Gasteiger charge is -2.19. The van der Waals surface area contributed by atoms with Gasteiger partial charge in [0.2, 0.25) is 5.76 Å². The summed E-state index contributed by atoms with van der Waals surface area (Å²) in [6, 6.07) is 12.6. The molecule has 0 bridgehead atoms. The van der Waals surface area contributed by atoms with Crippen LogP contribution in [-0.4, -0.2) is 34.4 Å². The Balaban J connectivity index is 1.48. The number of carbonyl (C=O) groups excluding carboxylic acids is 1. The van der Waals surface area contributed by atoms with Crippen molar-refractivity contribution in [3.8, 4) is 17.0 Å². The number of ether oxygens (including phenoxy) is 1. The molecule has 2 aliphatic rings. The Morgan fingerprint density at radius 3 is 2.51 bits per heavy atom. The van der Waals surface area contributed by atoms with Crippen LogP contribution < -0.4 is 10.1 Å². The van der Waals surface area contributed by atoms with Gasteiger partial charge in [0.05, 0.1) is 35.4 Å². The first-order valence-corrected chi connectivity index (χ1v) is 11.4. The van der Waals surface area contributed by atoms with Crippen molar-refractivity contribution < 1.29 is 29.1 Å². The van der Waals surface area contributed by atoms with Gasteiger partial charge in [0.1, 0.15) is 0 Å². The molecule has 3 N–H and O–H groups in total. The highest BCUT2D eigenvalue weighted by atomic mass is 35.5. The van der Waals surface area contributed by atoms with E-state index in [0.29, 0.717) is 41.1 Å². The number of hydrogen-bond donors (Lipinski definition) is 3. The van der Waals surface area contributed by atoms with E-state index in [1.807, 2.05) is 30.3 Å². The Kier molecular flexibility index (Phi) is 5.82. The first kappa shape index (κ1) is 22.7. The summed E-state index contributed by atoms with van der Waals surface area (Å²) in [5, 5.41) is 26.8. The van der Waals surface area contributed by atoms with Crippen LogP contribution in [0.4, 0.5) is 5.69 Å². The average molecular weight is 493 g/mol. The molecule has 0 saturated heterocycles. The SMILES string of the molecule is COc1cc(C(O)=C2C(=O)Nc3cc(Cl)c(-c4ccc(C5=CC[C@@H](C(=O)O)CC5)cc4)cc32)on1. The van der Waals surface area contributed by atoms with E-state index in [4.69, 9.17) is 20.9 Å². The van der Waals surface area contributed by atoms with Gasteiger partial charge in [0.15, 0.2) is 5.76 Å². The molecular formula is C26H21ClN2O6. The van der Waals surface area contributed by atoms with E-state index in [1.54, 1.807) is 12.1 Å². The Labute approximate surface area is 205 Å². The molecule has 8 nitrogen and oxygen atoms in total. The summed E-state index contributed by atoms with van der Waals surface area (Å²) in [6.45, 7) is 0. The van der Waals surface area contributed by atoms with Crippen LogP contribution >= 0.6 is 11.6 Å². The van der Waals surface area contributed by atoms with Gasteiger partial charge in [-0.25, -0.2) is 0 Å². The third-order valence-corrected chi connectivity index (χ3v) is 6.66. The average Bonchev–Trinajstić information content (AvgIpc) is 3.47. The number of allylic oxidation sites excluding steroid dienone is 2. The van der Waals surface area contributed by atoms with Crippen molar-refractivity contribution in [2.24, 2.45) is 5.92 Å². The van der Waals surface area contributed by atoms with E-state index in [1.165, 1.54) is 13.2 Å². The Morgan fingerprint density at radius 1 is 1.14 bits per heavy atom. The van der Waals surface area contributed by atoms with Crippen molar-refractivity contribution in [3.63, 3.8) is 0 Å². The molecule has 0 radical (unpaired) electrons. The summed E-state index contributed by atoms with van der Waals surface area (Å²) in [6.07, 6.45) is 3.86. The molecule has 0 unspecified atom stereocenters. The number of anilines is 1. The smallest absolute Gasteiger partial charge is 0.306 e. The number of carbonyl (C=O) groups is 2. The second-order valence-electron chi connectivity index (χ2n) is 8.41. The van der Waals surface area contributed by atoms with Crippen LogP contribution in [0.15, 0.2) is 53.1 Å². The van der Waals surface area contributed by atoms with E-state index in [0.717, 1.165) is 16.7 Å². The van der Waals surface area contributed by atoms with Gasteiger partial charge in [0.25, 0.3) is 11.8 Å². The summed E-state index contributed by atoms with van der Waals surface area (Å²) >= 11 is 6.55. The number of aliphatic hydroxyl groups excluding tert-OH is 1. The highest BCUT2D eigenvalue weighted by Gasteiger charge is 2.31. The number of amides is 1. The van der Waals surface area contributed by atoms with Gasteiger partial charge in [-0.15, -0.1) is 0 Å². The Morgan fingerprint density at radius 2 is 1.89 bits per heavy atom. The number of aromatic nitrogens is 1. The lowest BCUT2D eigenvalue weighted by Crippen LogP contribution is -2.15. The molecule has 1 aliphatic carbocycles. The number of carboxylic acid groups (broad SMARTS) is 1. The lowest BCUT2D eigenvalue weighted by molar-refractivity contribution is -0.141. The molecule has 35 heavy (non-hydrogen) atoms. The van der Waals surface area contributed by atoms with Crippen LogP contribution in [-0.2, 0) is 9.59 Å². The van der Waals surface area contributed by atoms with Crippen LogP contribution in [0.2, 0.25) is 5.02 Å². The fourth-order valence-corrected chi connectivity index (χ4v) is 4.69. The van der Waals surface area contributed by atoms with E-state index in [2.05, 4.69) is 10.5 Å². The maximum Gasteiger partial charge on any atom is 0.306 e. The summed E-state index contributed by atoms with van der Waals surface area (Å²) in [7, 11) is 1.42. The van der Waals surface area contributed by atoms with Gasteiger partial charge in [-0.2, -0.15) is 0 Å². The summed E-state index contributed by atoms with van der Waals surface area (Å²) in [5.41, 5.74) is 4.70. The molecule has 2 heterocycles. The maximum atomic E-state index is 12.7. The van der Waals surface area contributed by atoms with Crippen LogP contribution in [0, 0.1) is 5.92 Å². The molecule has 1 aliphatic heterocycles. The van der Waals surface area contributed by atoms with Gasteiger partial charge in [-0.05, 0) is 53.3 Å². The number of carboxylic acids is 1. The molecule has 0 spiro atoms. The summed E-state index contributed by atoms with van der Waals surface area (Å²) in [5.74, 6) is -1.74. The van der Waals surface area contributed by atoms with Crippen LogP contribution in [0.3, 0.4) is 0 Å². The van der Waals surface area contributed by atoms with Crippen molar-refractivity contribution in [2.75, 3.05) is 12.4 Å². The number of nitrogens with zero attached hydrogens (tertiary/aromatic N) is 1. The number of hydrogen-bond acceptors (Lipinski definition) is 6. The number of methoxy groups -OCH3 is 1. The molecule has 0 fully saturated rings. The predicted octanol–water partition coefficient (Wildman–Crippen LogP) is 5.65. The second-order valence-corrected chi connectivity index (χ2v) is 8.81. The molecule has 1 aromatic heterocycles. The number of benzene rings is 2. The normalized spacial score (nSPS) is 18.5. The second kappa shape index (κ2) is 8.96. The first-order valence-electron chi connectivity index (χ1n) is 11.0. The van der Waals surface area contributed by atoms with Gasteiger partial charge in [-0.3, -0.25) is 9.59 Å². The fraction of sp³-hybridized carbons (Fsp3) is 0.192. The van der Waals surface area contributed by atoms with Crippen LogP contribution in [0.1, 0.15) is 36.1 Å². The lowest BCUT2D eigenvalue weighted by atomic mass is 9.86. The van der Waals surface area contributed by atoms with Gasteiger partial charge < -0.3 is 24.8 Å². The van der Waals surface area contributed by atoms with E-state index < -0.39 is 11.9 Å². The highest BCUT2D eigenvalue weighted by Crippen LogP contribution is 2.42. The molecule has 3 aromatic rings. The van der Waals surface area contributed by atoms with Crippen molar-refractivity contribution >= 4 is 46.1 Å². The van der Waals surface area contributed by atoms with Crippen molar-refractivity contribution in [1.82, 2.24) is 5.16 Å². The minimum absolute atomic E-state index is 0.00611. The Hall–Kier alpha value is -4.04. The number of fused-ring (bicyclic) bond motifs is 1. The molecule has 178 valence electrons.